The Kier molecular flexibility index (Phi) is 6.75. The Balaban J connectivity index is 1.36. The van der Waals surface area contributed by atoms with Crippen molar-refractivity contribution in [1.82, 2.24) is 24.1 Å². The van der Waals surface area contributed by atoms with E-state index in [4.69, 9.17) is 11.6 Å². The lowest BCUT2D eigenvalue weighted by Gasteiger charge is -2.31. The number of carbonyl (C=O) groups excluding carboxylic acids is 1. The Hall–Kier alpha value is -4.04. The highest BCUT2D eigenvalue weighted by Crippen LogP contribution is 2.35. The maximum absolute atomic E-state index is 14.6. The molecule has 10 nitrogen and oxygen atoms in total. The van der Waals surface area contributed by atoms with Crippen molar-refractivity contribution in [2.75, 3.05) is 23.3 Å². The molecule has 1 aromatic carbocycles. The van der Waals surface area contributed by atoms with Gasteiger partial charge >= 0.3 is 0 Å². The summed E-state index contributed by atoms with van der Waals surface area (Å²) < 4.78 is 68.1. The second-order valence-corrected chi connectivity index (χ2v) is 10.4. The summed E-state index contributed by atoms with van der Waals surface area (Å²) in [6.45, 7) is 1.71. The van der Waals surface area contributed by atoms with Crippen LogP contribution >= 0.6 is 11.6 Å². The van der Waals surface area contributed by atoms with Gasteiger partial charge in [-0.3, -0.25) is 9.78 Å². The van der Waals surface area contributed by atoms with Gasteiger partial charge in [-0.1, -0.05) is 17.7 Å². The highest BCUT2D eigenvalue weighted by atomic mass is 35.5. The summed E-state index contributed by atoms with van der Waals surface area (Å²) in [5.74, 6) is -1.32. The molecule has 3 aromatic heterocycles. The minimum absolute atomic E-state index is 0.00172. The fraction of sp³-hybridized carbons (Fsp3) is 0.174. The van der Waals surface area contributed by atoms with Gasteiger partial charge in [0.2, 0.25) is 0 Å². The second kappa shape index (κ2) is 10.0. The number of alkyl halides is 2. The second-order valence-electron chi connectivity index (χ2n) is 8.17. The summed E-state index contributed by atoms with van der Waals surface area (Å²) in [7, 11) is -4.09. The Morgan fingerprint density at radius 1 is 1.08 bits per heavy atom. The van der Waals surface area contributed by atoms with E-state index in [1.54, 1.807) is 6.07 Å². The molecular formula is C23H17ClF3N7O3S. The molecule has 38 heavy (non-hydrogen) atoms. The number of amides is 1. The number of hydrogen-bond acceptors (Lipinski definition) is 8. The van der Waals surface area contributed by atoms with Crippen molar-refractivity contribution in [1.29, 1.82) is 0 Å². The van der Waals surface area contributed by atoms with Gasteiger partial charge < -0.3 is 10.2 Å². The predicted octanol–water partition coefficient (Wildman–Crippen LogP) is 4.16. The van der Waals surface area contributed by atoms with E-state index in [-0.39, 0.29) is 22.0 Å². The summed E-state index contributed by atoms with van der Waals surface area (Å²) in [5, 5.41) is 5.81. The third-order valence-corrected chi connectivity index (χ3v) is 7.57. The first-order chi connectivity index (χ1) is 18.1. The van der Waals surface area contributed by atoms with Crippen LogP contribution < -0.4 is 10.2 Å². The SMILES string of the molecule is O=C(Nc1cnn(S(=O)(=O)c2ccc(N3CCC3)nc2)c1)c1cncc(-c2c(C(F)F)ccc(Cl)c2F)n1. The van der Waals surface area contributed by atoms with Crippen LogP contribution in [0.1, 0.15) is 28.9 Å². The molecular weight excluding hydrogens is 547 g/mol. The number of carbonyl (C=O) groups is 1. The molecule has 0 unspecified atom stereocenters. The summed E-state index contributed by atoms with van der Waals surface area (Å²) in [5.41, 5.74) is -1.93. The summed E-state index contributed by atoms with van der Waals surface area (Å²) in [6.07, 6.45) is 3.46. The average molecular weight is 564 g/mol. The van der Waals surface area contributed by atoms with Crippen molar-refractivity contribution < 1.29 is 26.4 Å². The zero-order valence-electron chi connectivity index (χ0n) is 19.2. The van der Waals surface area contributed by atoms with Crippen LogP contribution in [0.15, 0.2) is 60.1 Å². The van der Waals surface area contributed by atoms with Crippen molar-refractivity contribution in [3.63, 3.8) is 0 Å². The standard InChI is InChI=1S/C23H17ClF3N7O3S/c24-16-4-3-15(22(26)27)20(21(16)25)17-10-28-11-18(32-17)23(35)31-13-8-30-34(12-13)38(36,37)14-2-5-19(29-9-14)33-6-1-7-33/h2-5,8-12,22H,1,6-7H2,(H,31,35). The molecule has 0 radical (unpaired) electrons. The molecule has 0 saturated carbocycles. The van der Waals surface area contributed by atoms with Gasteiger partial charge in [-0.2, -0.15) is 17.6 Å². The van der Waals surface area contributed by atoms with Crippen LogP contribution in [-0.2, 0) is 10.0 Å². The Bertz CT molecular complexity index is 1630. The molecule has 1 aliphatic heterocycles. The number of hydrogen-bond donors (Lipinski definition) is 1. The van der Waals surface area contributed by atoms with Crippen LogP contribution in [0.25, 0.3) is 11.3 Å². The predicted molar refractivity (Wildman–Crippen MR) is 131 cm³/mol. The Morgan fingerprint density at radius 2 is 1.87 bits per heavy atom. The molecule has 1 saturated heterocycles. The molecule has 0 bridgehead atoms. The topological polar surface area (TPSA) is 123 Å². The van der Waals surface area contributed by atoms with Crippen molar-refractivity contribution in [2.45, 2.75) is 17.7 Å². The third-order valence-electron chi connectivity index (χ3n) is 5.75. The number of nitrogens with one attached hydrogen (secondary N) is 1. The van der Waals surface area contributed by atoms with Crippen LogP contribution in [-0.4, -0.2) is 51.6 Å². The lowest BCUT2D eigenvalue weighted by molar-refractivity contribution is 0.102. The first-order valence-corrected chi connectivity index (χ1v) is 12.9. The van der Waals surface area contributed by atoms with Gasteiger partial charge in [0.15, 0.2) is 5.82 Å². The van der Waals surface area contributed by atoms with Crippen LogP contribution in [0.5, 0.6) is 0 Å². The molecule has 4 heterocycles. The zero-order valence-corrected chi connectivity index (χ0v) is 20.8. The van der Waals surface area contributed by atoms with Crippen LogP contribution in [0, 0.1) is 5.82 Å². The first kappa shape index (κ1) is 25.6. The van der Waals surface area contributed by atoms with Gasteiger partial charge in [-0.05, 0) is 24.6 Å². The Morgan fingerprint density at radius 3 is 2.53 bits per heavy atom. The van der Waals surface area contributed by atoms with E-state index in [0.717, 1.165) is 56.4 Å². The maximum Gasteiger partial charge on any atom is 0.284 e. The summed E-state index contributed by atoms with van der Waals surface area (Å²) >= 11 is 5.75. The van der Waals surface area contributed by atoms with E-state index in [1.807, 2.05) is 4.90 Å². The van der Waals surface area contributed by atoms with E-state index in [0.29, 0.717) is 9.90 Å². The number of aromatic nitrogens is 5. The summed E-state index contributed by atoms with van der Waals surface area (Å²) in [4.78, 5) is 26.6. The van der Waals surface area contributed by atoms with Gasteiger partial charge in [0.25, 0.3) is 22.4 Å². The van der Waals surface area contributed by atoms with Crippen LogP contribution in [0.4, 0.5) is 24.7 Å². The van der Waals surface area contributed by atoms with Gasteiger partial charge in [0.1, 0.15) is 16.4 Å². The van der Waals surface area contributed by atoms with E-state index in [9.17, 15) is 26.4 Å². The highest BCUT2D eigenvalue weighted by molar-refractivity contribution is 7.89. The molecule has 0 aliphatic carbocycles. The van der Waals surface area contributed by atoms with Gasteiger partial charge in [-0.15, -0.1) is 0 Å². The first-order valence-electron chi connectivity index (χ1n) is 11.1. The lowest BCUT2D eigenvalue weighted by Crippen LogP contribution is -2.37. The molecule has 15 heteroatoms. The number of nitrogens with zero attached hydrogens (tertiary/aromatic N) is 6. The molecule has 1 aliphatic rings. The molecule has 0 spiro atoms. The lowest BCUT2D eigenvalue weighted by atomic mass is 10.0. The number of halogens is 4. The van der Waals surface area contributed by atoms with E-state index in [1.165, 1.54) is 12.3 Å². The molecule has 1 fully saturated rings. The maximum atomic E-state index is 14.6. The van der Waals surface area contributed by atoms with E-state index >= 15 is 0 Å². The molecule has 4 aromatic rings. The zero-order chi connectivity index (χ0) is 27.0. The molecule has 5 rings (SSSR count). The molecule has 1 N–H and O–H groups in total. The van der Waals surface area contributed by atoms with Crippen LogP contribution in [0.3, 0.4) is 0 Å². The normalized spacial score (nSPS) is 13.4. The number of anilines is 2. The van der Waals surface area contributed by atoms with Gasteiger partial charge in [0, 0.05) is 30.4 Å². The molecule has 0 atom stereocenters. The average Bonchev–Trinajstić information content (AvgIpc) is 3.34. The third kappa shape index (κ3) is 4.79. The van der Waals surface area contributed by atoms with Gasteiger partial charge in [-0.25, -0.2) is 23.1 Å². The fourth-order valence-electron chi connectivity index (χ4n) is 3.66. The molecule has 196 valence electrons. The smallest absolute Gasteiger partial charge is 0.284 e. The highest BCUT2D eigenvalue weighted by Gasteiger charge is 2.24. The van der Waals surface area contributed by atoms with Crippen molar-refractivity contribution in [3.05, 3.63) is 77.3 Å². The van der Waals surface area contributed by atoms with E-state index < -0.39 is 44.3 Å². The fourth-order valence-corrected chi connectivity index (χ4v) is 4.89. The van der Waals surface area contributed by atoms with Crippen molar-refractivity contribution >= 4 is 39.0 Å². The number of rotatable bonds is 7. The minimum Gasteiger partial charge on any atom is -0.356 e. The largest absolute Gasteiger partial charge is 0.356 e. The molecule has 1 amide bonds. The Labute approximate surface area is 219 Å². The van der Waals surface area contributed by atoms with Crippen LogP contribution in [0.2, 0.25) is 5.02 Å². The summed E-state index contributed by atoms with van der Waals surface area (Å²) in [6, 6.07) is 4.97. The van der Waals surface area contributed by atoms with Crippen molar-refractivity contribution in [2.24, 2.45) is 0 Å². The monoisotopic (exact) mass is 563 g/mol. The number of pyridine rings is 1. The van der Waals surface area contributed by atoms with Gasteiger partial charge in [0.05, 0.1) is 41.2 Å². The number of benzene rings is 1. The van der Waals surface area contributed by atoms with Crippen molar-refractivity contribution in [3.8, 4) is 11.3 Å². The quantitative estimate of drug-likeness (QED) is 0.355. The minimum atomic E-state index is -4.09. The van der Waals surface area contributed by atoms with E-state index in [2.05, 4.69) is 25.4 Å².